The van der Waals surface area contributed by atoms with Crippen molar-refractivity contribution in [2.75, 3.05) is 5.75 Å². The van der Waals surface area contributed by atoms with Gasteiger partial charge in [0.1, 0.15) is 5.82 Å². The zero-order valence-electron chi connectivity index (χ0n) is 13.7. The van der Waals surface area contributed by atoms with Crippen molar-refractivity contribution in [3.8, 4) is 0 Å². The number of carbonyl (C=O) groups excluding carboxylic acids is 1. The number of aromatic nitrogens is 2. The number of fused-ring (bicyclic) bond motifs is 1. The lowest BCUT2D eigenvalue weighted by molar-refractivity contribution is -0.121. The number of halogens is 1. The van der Waals surface area contributed by atoms with Gasteiger partial charge in [0, 0.05) is 29.4 Å². The third-order valence-corrected chi connectivity index (χ3v) is 5.09. The Bertz CT molecular complexity index is 732. The summed E-state index contributed by atoms with van der Waals surface area (Å²) in [4.78, 5) is 17.1. The summed E-state index contributed by atoms with van der Waals surface area (Å²) in [6.45, 7) is 3.97. The normalized spacial score (nSPS) is 16.9. The molecule has 1 atom stereocenters. The lowest BCUT2D eigenvalue weighted by atomic mass is 10.0. The van der Waals surface area contributed by atoms with Crippen LogP contribution in [0.5, 0.6) is 0 Å². The molecular weight excluding hydrogens is 329 g/mol. The van der Waals surface area contributed by atoms with Gasteiger partial charge in [-0.15, -0.1) is 11.8 Å². The van der Waals surface area contributed by atoms with E-state index in [4.69, 9.17) is 4.52 Å². The first-order chi connectivity index (χ1) is 11.5. The SMILES string of the molecule is CC(C)c1noc(CCC(=O)N[C@H]2CCSc3c(F)cccc32)n1. The van der Waals surface area contributed by atoms with Crippen molar-refractivity contribution in [3.63, 3.8) is 0 Å². The van der Waals surface area contributed by atoms with Crippen LogP contribution in [0.15, 0.2) is 27.6 Å². The number of amides is 1. The van der Waals surface area contributed by atoms with Gasteiger partial charge in [-0.3, -0.25) is 4.79 Å². The molecule has 0 spiro atoms. The molecule has 0 saturated heterocycles. The molecule has 1 aromatic heterocycles. The highest BCUT2D eigenvalue weighted by molar-refractivity contribution is 7.99. The van der Waals surface area contributed by atoms with E-state index in [0.29, 0.717) is 23.0 Å². The molecule has 3 rings (SSSR count). The summed E-state index contributed by atoms with van der Waals surface area (Å²) < 4.78 is 19.0. The van der Waals surface area contributed by atoms with E-state index in [1.165, 1.54) is 17.8 Å². The standard InChI is InChI=1S/C17H20FN3O2S/c1-10(2)17-20-15(23-21-17)7-6-14(22)19-13-8-9-24-16-11(13)4-3-5-12(16)18/h3-5,10,13H,6-9H2,1-2H3,(H,19,22)/t13-/m0/s1. The molecule has 0 bridgehead atoms. The van der Waals surface area contributed by atoms with Crippen LogP contribution in [0.25, 0.3) is 0 Å². The molecule has 0 fully saturated rings. The predicted molar refractivity (Wildman–Crippen MR) is 89.3 cm³/mol. The quantitative estimate of drug-likeness (QED) is 0.893. The van der Waals surface area contributed by atoms with Crippen molar-refractivity contribution >= 4 is 17.7 Å². The minimum atomic E-state index is -0.219. The third kappa shape index (κ3) is 3.77. The molecule has 7 heteroatoms. The number of carbonyl (C=O) groups is 1. The van der Waals surface area contributed by atoms with Crippen LogP contribution in [-0.4, -0.2) is 21.8 Å². The minimum Gasteiger partial charge on any atom is -0.349 e. The van der Waals surface area contributed by atoms with E-state index in [9.17, 15) is 9.18 Å². The number of rotatable bonds is 5. The van der Waals surface area contributed by atoms with Crippen LogP contribution in [0.1, 0.15) is 55.9 Å². The van der Waals surface area contributed by atoms with Crippen LogP contribution in [0.2, 0.25) is 0 Å². The van der Waals surface area contributed by atoms with Gasteiger partial charge in [0.15, 0.2) is 5.82 Å². The maximum absolute atomic E-state index is 13.9. The van der Waals surface area contributed by atoms with E-state index >= 15 is 0 Å². The lowest BCUT2D eigenvalue weighted by Gasteiger charge is -2.26. The summed E-state index contributed by atoms with van der Waals surface area (Å²) in [5, 5.41) is 6.88. The summed E-state index contributed by atoms with van der Waals surface area (Å²) in [6, 6.07) is 4.88. The Morgan fingerprint density at radius 3 is 3.08 bits per heavy atom. The number of nitrogens with zero attached hydrogens (tertiary/aromatic N) is 2. The molecule has 5 nitrogen and oxygen atoms in total. The molecule has 0 unspecified atom stereocenters. The fraction of sp³-hybridized carbons (Fsp3) is 0.471. The van der Waals surface area contributed by atoms with Gasteiger partial charge < -0.3 is 9.84 Å². The van der Waals surface area contributed by atoms with Crippen molar-refractivity contribution in [2.45, 2.75) is 50.0 Å². The second kappa shape index (κ2) is 7.34. The van der Waals surface area contributed by atoms with Gasteiger partial charge in [0.25, 0.3) is 0 Å². The van der Waals surface area contributed by atoms with Gasteiger partial charge in [-0.05, 0) is 18.1 Å². The highest BCUT2D eigenvalue weighted by Crippen LogP contribution is 2.37. The van der Waals surface area contributed by atoms with Crippen molar-refractivity contribution in [1.29, 1.82) is 0 Å². The van der Waals surface area contributed by atoms with Gasteiger partial charge in [-0.2, -0.15) is 4.98 Å². The zero-order chi connectivity index (χ0) is 17.1. The molecule has 1 aromatic carbocycles. The monoisotopic (exact) mass is 349 g/mol. The van der Waals surface area contributed by atoms with Crippen molar-refractivity contribution in [1.82, 2.24) is 15.5 Å². The Labute approximate surface area is 144 Å². The van der Waals surface area contributed by atoms with E-state index in [-0.39, 0.29) is 30.1 Å². The number of benzene rings is 1. The van der Waals surface area contributed by atoms with Crippen molar-refractivity contribution in [3.05, 3.63) is 41.3 Å². The lowest BCUT2D eigenvalue weighted by Crippen LogP contribution is -2.31. The average molecular weight is 349 g/mol. The molecule has 24 heavy (non-hydrogen) atoms. The third-order valence-electron chi connectivity index (χ3n) is 3.93. The summed E-state index contributed by atoms with van der Waals surface area (Å²) >= 11 is 1.50. The Balaban J connectivity index is 1.59. The molecule has 1 amide bonds. The molecule has 0 radical (unpaired) electrons. The largest absolute Gasteiger partial charge is 0.349 e. The molecule has 0 aliphatic carbocycles. The van der Waals surface area contributed by atoms with Crippen LogP contribution >= 0.6 is 11.8 Å². The van der Waals surface area contributed by atoms with E-state index in [0.717, 1.165) is 17.7 Å². The first-order valence-corrected chi connectivity index (χ1v) is 9.06. The predicted octanol–water partition coefficient (Wildman–Crippen LogP) is 3.62. The summed E-state index contributed by atoms with van der Waals surface area (Å²) in [7, 11) is 0. The van der Waals surface area contributed by atoms with Gasteiger partial charge in [0.05, 0.1) is 6.04 Å². The van der Waals surface area contributed by atoms with Gasteiger partial charge in [-0.25, -0.2) is 4.39 Å². The Morgan fingerprint density at radius 2 is 2.33 bits per heavy atom. The van der Waals surface area contributed by atoms with Crippen LogP contribution in [-0.2, 0) is 11.2 Å². The van der Waals surface area contributed by atoms with Crippen molar-refractivity contribution < 1.29 is 13.7 Å². The number of thioether (sulfide) groups is 1. The van der Waals surface area contributed by atoms with Crippen molar-refractivity contribution in [2.24, 2.45) is 0 Å². The summed E-state index contributed by atoms with van der Waals surface area (Å²) in [5.41, 5.74) is 0.861. The number of nitrogens with one attached hydrogen (secondary N) is 1. The van der Waals surface area contributed by atoms with Gasteiger partial charge in [-0.1, -0.05) is 31.1 Å². The van der Waals surface area contributed by atoms with Crippen LogP contribution in [0.4, 0.5) is 4.39 Å². The summed E-state index contributed by atoms with van der Waals surface area (Å²) in [5.74, 6) is 1.80. The fourth-order valence-corrected chi connectivity index (χ4v) is 3.77. The second-order valence-electron chi connectivity index (χ2n) is 6.12. The Hall–Kier alpha value is -1.89. The summed E-state index contributed by atoms with van der Waals surface area (Å²) in [6.07, 6.45) is 1.47. The molecular formula is C17H20FN3O2S. The average Bonchev–Trinajstić information content (AvgIpc) is 3.03. The first-order valence-electron chi connectivity index (χ1n) is 8.07. The van der Waals surface area contributed by atoms with Gasteiger partial charge >= 0.3 is 0 Å². The Morgan fingerprint density at radius 1 is 1.50 bits per heavy atom. The zero-order valence-corrected chi connectivity index (χ0v) is 14.5. The molecule has 0 saturated carbocycles. The topological polar surface area (TPSA) is 68.0 Å². The molecule has 2 aromatic rings. The van der Waals surface area contributed by atoms with Crippen LogP contribution in [0, 0.1) is 5.82 Å². The van der Waals surface area contributed by atoms with Crippen LogP contribution < -0.4 is 5.32 Å². The molecule has 1 N–H and O–H groups in total. The Kier molecular flexibility index (Phi) is 5.18. The maximum atomic E-state index is 13.9. The van der Waals surface area contributed by atoms with Gasteiger partial charge in [0.2, 0.25) is 11.8 Å². The number of aryl methyl sites for hydroxylation is 1. The molecule has 2 heterocycles. The minimum absolute atomic E-state index is 0.0913. The number of hydrogen-bond donors (Lipinski definition) is 1. The highest BCUT2D eigenvalue weighted by Gasteiger charge is 2.24. The molecule has 1 aliphatic rings. The second-order valence-corrected chi connectivity index (χ2v) is 7.22. The van der Waals surface area contributed by atoms with E-state index in [1.807, 2.05) is 19.9 Å². The molecule has 128 valence electrons. The fourth-order valence-electron chi connectivity index (χ4n) is 2.63. The van der Waals surface area contributed by atoms with Crippen LogP contribution in [0.3, 0.4) is 0 Å². The van der Waals surface area contributed by atoms with E-state index in [1.54, 1.807) is 6.07 Å². The maximum Gasteiger partial charge on any atom is 0.227 e. The molecule has 1 aliphatic heterocycles. The first kappa shape index (κ1) is 17.0. The smallest absolute Gasteiger partial charge is 0.227 e. The highest BCUT2D eigenvalue weighted by atomic mass is 32.2. The van der Waals surface area contributed by atoms with E-state index in [2.05, 4.69) is 15.5 Å². The van der Waals surface area contributed by atoms with E-state index < -0.39 is 0 Å². The number of hydrogen-bond acceptors (Lipinski definition) is 5.